The molecule has 0 heterocycles. The van der Waals surface area contributed by atoms with Crippen molar-refractivity contribution in [1.29, 1.82) is 0 Å². The van der Waals surface area contributed by atoms with Crippen LogP contribution in [0, 0.1) is 17.0 Å². The van der Waals surface area contributed by atoms with Gasteiger partial charge >= 0.3 is 11.8 Å². The number of aryl methyl sites for hydroxylation is 1. The van der Waals surface area contributed by atoms with Gasteiger partial charge in [0, 0.05) is 18.3 Å². The Bertz CT molecular complexity index is 1490. The Morgan fingerprint density at radius 3 is 2.15 bits per heavy atom. The molecule has 0 fully saturated rings. The molecular formula is C30H34N2O8S. The quantitative estimate of drug-likeness (QED) is 0.0812. The number of carbonyl (C=O) groups is 1. The number of anilines is 1. The highest BCUT2D eigenvalue weighted by Gasteiger charge is 2.22. The van der Waals surface area contributed by atoms with E-state index >= 15 is 0 Å². The summed E-state index contributed by atoms with van der Waals surface area (Å²) in [5.74, 6) is -0.0141. The standard InChI is InChI=1S/C30H34N2O8S/c1-6-31(29(33)40-30(3,4)5)25-14-11-23(12-15-25)9-10-24-13-18-27(32(34)35)28(21-24)38-19-20-39-41(36,37)26-16-7-22(2)8-17-26/h7-18,21H,6,19-20H2,1-5H3/b10-9+. The van der Waals surface area contributed by atoms with E-state index in [4.69, 9.17) is 13.7 Å². The summed E-state index contributed by atoms with van der Waals surface area (Å²) in [4.78, 5) is 25.0. The van der Waals surface area contributed by atoms with Crippen molar-refractivity contribution < 1.29 is 31.8 Å². The molecule has 41 heavy (non-hydrogen) atoms. The molecule has 0 aromatic heterocycles. The van der Waals surface area contributed by atoms with E-state index < -0.39 is 26.7 Å². The molecule has 0 atom stereocenters. The lowest BCUT2D eigenvalue weighted by atomic mass is 10.1. The van der Waals surface area contributed by atoms with Crippen LogP contribution in [0.3, 0.4) is 0 Å². The normalized spacial score (nSPS) is 11.8. The average molecular weight is 583 g/mol. The molecule has 3 rings (SSSR count). The van der Waals surface area contributed by atoms with E-state index in [-0.39, 0.29) is 29.5 Å². The molecule has 0 bridgehead atoms. The lowest BCUT2D eigenvalue weighted by molar-refractivity contribution is -0.385. The van der Waals surface area contributed by atoms with Gasteiger partial charge in [0.1, 0.15) is 18.8 Å². The Balaban J connectivity index is 1.66. The van der Waals surface area contributed by atoms with Gasteiger partial charge in [-0.15, -0.1) is 0 Å². The summed E-state index contributed by atoms with van der Waals surface area (Å²) < 4.78 is 40.7. The van der Waals surface area contributed by atoms with Gasteiger partial charge in [-0.2, -0.15) is 8.42 Å². The summed E-state index contributed by atoms with van der Waals surface area (Å²) in [7, 11) is -3.98. The van der Waals surface area contributed by atoms with Crippen molar-refractivity contribution >= 4 is 39.7 Å². The topological polar surface area (TPSA) is 125 Å². The smallest absolute Gasteiger partial charge is 0.414 e. The van der Waals surface area contributed by atoms with Gasteiger partial charge < -0.3 is 9.47 Å². The second-order valence-electron chi connectivity index (χ2n) is 10.1. The summed E-state index contributed by atoms with van der Waals surface area (Å²) >= 11 is 0. The third-order valence-electron chi connectivity index (χ3n) is 5.67. The highest BCUT2D eigenvalue weighted by molar-refractivity contribution is 7.86. The van der Waals surface area contributed by atoms with E-state index in [1.54, 1.807) is 24.3 Å². The minimum absolute atomic E-state index is 0.0141. The fourth-order valence-corrected chi connectivity index (χ4v) is 4.55. The Hall–Kier alpha value is -4.22. The van der Waals surface area contributed by atoms with Crippen LogP contribution in [-0.4, -0.2) is 44.8 Å². The van der Waals surface area contributed by atoms with E-state index in [1.807, 2.05) is 65.0 Å². The zero-order valence-corrected chi connectivity index (χ0v) is 24.5. The monoisotopic (exact) mass is 582 g/mol. The number of nitro benzene ring substituents is 1. The molecule has 0 unspecified atom stereocenters. The molecule has 1 amide bonds. The molecule has 218 valence electrons. The van der Waals surface area contributed by atoms with Gasteiger partial charge in [-0.3, -0.25) is 19.2 Å². The van der Waals surface area contributed by atoms with Crippen molar-refractivity contribution in [3.8, 4) is 5.75 Å². The van der Waals surface area contributed by atoms with Crippen molar-refractivity contribution in [3.05, 3.63) is 93.5 Å². The van der Waals surface area contributed by atoms with Crippen LogP contribution in [0.15, 0.2) is 71.6 Å². The molecule has 0 saturated heterocycles. The predicted octanol–water partition coefficient (Wildman–Crippen LogP) is 6.62. The molecule has 0 saturated carbocycles. The molecule has 0 radical (unpaired) electrons. The Morgan fingerprint density at radius 2 is 1.56 bits per heavy atom. The molecule has 3 aromatic rings. The number of hydrogen-bond donors (Lipinski definition) is 0. The zero-order chi connectivity index (χ0) is 30.2. The van der Waals surface area contributed by atoms with Crippen LogP contribution < -0.4 is 9.64 Å². The minimum atomic E-state index is -3.98. The van der Waals surface area contributed by atoms with Crippen LogP contribution >= 0.6 is 0 Å². The van der Waals surface area contributed by atoms with Gasteiger partial charge in [0.25, 0.3) is 10.1 Å². The first kappa shape index (κ1) is 31.3. The maximum atomic E-state index is 12.5. The van der Waals surface area contributed by atoms with Gasteiger partial charge in [0.15, 0.2) is 5.75 Å². The number of hydrogen-bond acceptors (Lipinski definition) is 8. The average Bonchev–Trinajstić information content (AvgIpc) is 2.90. The second-order valence-corrected chi connectivity index (χ2v) is 11.7. The van der Waals surface area contributed by atoms with E-state index in [0.717, 1.165) is 11.1 Å². The molecule has 0 spiro atoms. The first-order chi connectivity index (χ1) is 19.3. The number of benzene rings is 3. The fraction of sp³-hybridized carbons (Fsp3) is 0.300. The van der Waals surface area contributed by atoms with Crippen molar-refractivity contribution in [3.63, 3.8) is 0 Å². The number of amides is 1. The molecule has 10 nitrogen and oxygen atoms in total. The lowest BCUT2D eigenvalue weighted by Crippen LogP contribution is -2.36. The number of rotatable bonds is 11. The maximum absolute atomic E-state index is 12.5. The molecule has 0 N–H and O–H groups in total. The van der Waals surface area contributed by atoms with E-state index in [0.29, 0.717) is 17.8 Å². The number of nitro groups is 1. The SMILES string of the molecule is CCN(C(=O)OC(C)(C)C)c1ccc(/C=C/c2ccc([N+](=O)[O-])c(OCCOS(=O)(=O)c3ccc(C)cc3)c2)cc1. The van der Waals surface area contributed by atoms with Crippen LogP contribution in [0.1, 0.15) is 44.4 Å². The van der Waals surface area contributed by atoms with Gasteiger partial charge in [0.05, 0.1) is 9.82 Å². The molecule has 11 heteroatoms. The van der Waals surface area contributed by atoms with E-state index in [1.165, 1.54) is 29.2 Å². The highest BCUT2D eigenvalue weighted by atomic mass is 32.2. The van der Waals surface area contributed by atoms with Crippen LogP contribution in [-0.2, 0) is 19.0 Å². The zero-order valence-electron chi connectivity index (χ0n) is 23.7. The summed E-state index contributed by atoms with van der Waals surface area (Å²) in [6.45, 7) is 9.04. The Labute approximate surface area is 240 Å². The molecular weight excluding hydrogens is 548 g/mol. The minimum Gasteiger partial charge on any atom is -0.484 e. The predicted molar refractivity (Wildman–Crippen MR) is 158 cm³/mol. The number of ether oxygens (including phenoxy) is 2. The van der Waals surface area contributed by atoms with Gasteiger partial charge in [0.2, 0.25) is 0 Å². The van der Waals surface area contributed by atoms with Gasteiger partial charge in [-0.05, 0) is 82.1 Å². The van der Waals surface area contributed by atoms with Crippen molar-refractivity contribution in [2.45, 2.75) is 45.1 Å². The molecule has 3 aromatic carbocycles. The molecule has 0 aliphatic carbocycles. The van der Waals surface area contributed by atoms with Crippen LogP contribution in [0.2, 0.25) is 0 Å². The lowest BCUT2D eigenvalue weighted by Gasteiger charge is -2.26. The first-order valence-corrected chi connectivity index (χ1v) is 14.4. The number of nitrogens with zero attached hydrogens (tertiary/aromatic N) is 2. The summed E-state index contributed by atoms with van der Waals surface area (Å²) in [6, 6.07) is 17.9. The summed E-state index contributed by atoms with van der Waals surface area (Å²) in [6.07, 6.45) is 3.14. The third-order valence-corrected chi connectivity index (χ3v) is 7.00. The highest BCUT2D eigenvalue weighted by Crippen LogP contribution is 2.29. The van der Waals surface area contributed by atoms with Crippen LogP contribution in [0.5, 0.6) is 5.75 Å². The molecule has 0 aliphatic heterocycles. The third kappa shape index (κ3) is 9.16. The summed E-state index contributed by atoms with van der Waals surface area (Å²) in [5, 5.41) is 11.5. The fourth-order valence-electron chi connectivity index (χ4n) is 3.66. The van der Waals surface area contributed by atoms with E-state index in [2.05, 4.69) is 0 Å². The van der Waals surface area contributed by atoms with Crippen LogP contribution in [0.25, 0.3) is 12.2 Å². The van der Waals surface area contributed by atoms with Crippen molar-refractivity contribution in [2.24, 2.45) is 0 Å². The summed E-state index contributed by atoms with van der Waals surface area (Å²) in [5.41, 5.74) is 2.21. The molecule has 0 aliphatic rings. The maximum Gasteiger partial charge on any atom is 0.414 e. The Kier molecular flexibility index (Phi) is 10.3. The Morgan fingerprint density at radius 1 is 0.951 bits per heavy atom. The first-order valence-electron chi connectivity index (χ1n) is 12.9. The van der Waals surface area contributed by atoms with Gasteiger partial charge in [-0.1, -0.05) is 42.0 Å². The van der Waals surface area contributed by atoms with Crippen LogP contribution in [0.4, 0.5) is 16.2 Å². The number of carbonyl (C=O) groups excluding carboxylic acids is 1. The largest absolute Gasteiger partial charge is 0.484 e. The van der Waals surface area contributed by atoms with Gasteiger partial charge in [-0.25, -0.2) is 4.79 Å². The van der Waals surface area contributed by atoms with Crippen molar-refractivity contribution in [2.75, 3.05) is 24.7 Å². The van der Waals surface area contributed by atoms with Crippen molar-refractivity contribution in [1.82, 2.24) is 0 Å². The van der Waals surface area contributed by atoms with E-state index in [9.17, 15) is 23.3 Å². The second kappa shape index (κ2) is 13.4.